The van der Waals surface area contributed by atoms with E-state index in [1.54, 1.807) is 0 Å². The maximum Gasteiger partial charge on any atom is 0.0462 e. The minimum absolute atomic E-state index is 1.08. The fraction of sp³-hybridized carbons (Fsp3) is 0. The van der Waals surface area contributed by atoms with Gasteiger partial charge in [-0.3, -0.25) is 0 Å². The monoisotopic (exact) mass is 1710 g/mol. The van der Waals surface area contributed by atoms with Crippen molar-refractivity contribution in [1.82, 2.24) is 0 Å². The van der Waals surface area contributed by atoms with E-state index in [4.69, 9.17) is 0 Å². The Bertz CT molecular complexity index is 6630. The second-order valence-electron chi connectivity index (χ2n) is 32.5. The SMILES string of the molecule is c1ccc(N(c2ccccc2)c2ccc(-c3ccc(N(c4ccccc4)c4ccc(-c5ccc(N(c6ccccc6)c6ccc(-c7ccc(N(c8ccccc8)c8ccccc8)cc7)cc6)cc5)cc4)cc3)cc2)cc1.c1ccc(N(c2ccccc2)c2ccc(-c3ccc(N(c4ccccc4)c4ccc(-c5ccc(N(c6ccccc6)c6ccccc6)cc5)cc4)cc3)cc2)cc1. The molecule has 7 nitrogen and oxygen atoms in total. The summed E-state index contributed by atoms with van der Waals surface area (Å²) in [6.45, 7) is 0. The summed E-state index contributed by atoms with van der Waals surface area (Å²) in [6.07, 6.45) is 0. The van der Waals surface area contributed by atoms with E-state index >= 15 is 0 Å². The molecule has 0 bridgehead atoms. The maximum atomic E-state index is 2.32. The molecule has 7 heteroatoms. The second-order valence-corrected chi connectivity index (χ2v) is 32.5. The van der Waals surface area contributed by atoms with Crippen molar-refractivity contribution in [2.75, 3.05) is 34.3 Å². The number of benzene rings is 21. The molecule has 0 aliphatic rings. The van der Waals surface area contributed by atoms with Crippen LogP contribution in [0.4, 0.5) is 119 Å². The number of hydrogen-bond donors (Lipinski definition) is 0. The van der Waals surface area contributed by atoms with Crippen molar-refractivity contribution in [3.63, 3.8) is 0 Å². The standard InChI is InChI=1S/C72H54N4.C54H41N3/c1-7-19-61(20-8-1)73(62-21-9-2-10-22-62)67-43-31-55(32-44-67)57-35-47-69(48-36-57)75(65-27-15-5-16-28-65)71-51-39-59(40-52-71)60-41-53-72(54-42-60)76(66-29-17-6-18-30-66)70-49-37-58(38-50-70)56-33-45-68(46-34-56)74(63-23-11-3-12-24-63)64-25-13-4-14-26-64;1-6-16-46(17-7-1)55(47-18-8-2-9-19-47)51-34-26-42(27-35-51)44-30-38-53(39-31-44)57(50-24-14-5-15-25-50)54-40-32-45(33-41-54)43-28-36-52(37-29-43)56(48-20-10-3-11-21-48)49-22-12-4-13-23-49/h1-54H;1-41H. The lowest BCUT2D eigenvalue weighted by Crippen LogP contribution is -2.10. The second kappa shape index (κ2) is 40.0. The van der Waals surface area contributed by atoms with Gasteiger partial charge in [0.05, 0.1) is 0 Å². The zero-order valence-electron chi connectivity index (χ0n) is 73.5. The molecule has 0 saturated carbocycles. The average Bonchev–Trinajstić information content (AvgIpc) is 0.796. The van der Waals surface area contributed by atoms with E-state index in [-0.39, 0.29) is 0 Å². The van der Waals surface area contributed by atoms with Gasteiger partial charge in [0.1, 0.15) is 0 Å². The quantitative estimate of drug-likeness (QED) is 0.0532. The predicted octanol–water partition coefficient (Wildman–Crippen LogP) is 36.0. The van der Waals surface area contributed by atoms with Crippen LogP contribution in [0.15, 0.2) is 576 Å². The number of nitrogens with zero attached hydrogens (tertiary/aromatic N) is 7. The van der Waals surface area contributed by atoms with Gasteiger partial charge in [0, 0.05) is 119 Å². The maximum absolute atomic E-state index is 2.32. The molecule has 0 atom stereocenters. The molecule has 0 spiro atoms. The Labute approximate surface area is 780 Å². The van der Waals surface area contributed by atoms with Crippen molar-refractivity contribution in [2.45, 2.75) is 0 Å². The fourth-order valence-corrected chi connectivity index (χ4v) is 17.5. The highest BCUT2D eigenvalue weighted by Gasteiger charge is 2.22. The summed E-state index contributed by atoms with van der Waals surface area (Å²) in [5, 5.41) is 0. The van der Waals surface area contributed by atoms with E-state index in [9.17, 15) is 0 Å². The highest BCUT2D eigenvalue weighted by molar-refractivity contribution is 5.88. The summed E-state index contributed by atoms with van der Waals surface area (Å²) in [7, 11) is 0. The normalized spacial score (nSPS) is 10.9. The van der Waals surface area contributed by atoms with Gasteiger partial charge in [-0.2, -0.15) is 0 Å². The van der Waals surface area contributed by atoms with Gasteiger partial charge in [0.25, 0.3) is 0 Å². The van der Waals surface area contributed by atoms with Crippen LogP contribution in [0.25, 0.3) is 55.6 Å². The molecule has 0 heterocycles. The molecule has 0 amide bonds. The van der Waals surface area contributed by atoms with Crippen LogP contribution in [0.1, 0.15) is 0 Å². The van der Waals surface area contributed by atoms with Gasteiger partial charge >= 0.3 is 0 Å². The highest BCUT2D eigenvalue weighted by atomic mass is 15.2. The average molecular weight is 1710 g/mol. The first-order valence-electron chi connectivity index (χ1n) is 45.2. The molecule has 0 radical (unpaired) electrons. The molecular weight excluding hydrogens is 1610 g/mol. The zero-order chi connectivity index (χ0) is 89.1. The summed E-state index contributed by atoms with van der Waals surface area (Å²) in [4.78, 5) is 16.1. The van der Waals surface area contributed by atoms with E-state index in [1.807, 2.05) is 0 Å². The third-order valence-electron chi connectivity index (χ3n) is 24.1. The van der Waals surface area contributed by atoms with Crippen LogP contribution < -0.4 is 34.3 Å². The van der Waals surface area contributed by atoms with Crippen molar-refractivity contribution in [2.24, 2.45) is 0 Å². The van der Waals surface area contributed by atoms with E-state index in [0.29, 0.717) is 0 Å². The van der Waals surface area contributed by atoms with Crippen molar-refractivity contribution in [1.29, 1.82) is 0 Å². The van der Waals surface area contributed by atoms with Gasteiger partial charge in [-0.25, -0.2) is 0 Å². The van der Waals surface area contributed by atoms with Crippen LogP contribution in [-0.4, -0.2) is 0 Å². The molecular formula is C126H95N7. The molecule has 0 aliphatic carbocycles. The summed E-state index contributed by atoms with van der Waals surface area (Å²) in [6, 6.07) is 205. The molecule has 0 unspecified atom stereocenters. The molecule has 21 aromatic rings. The third-order valence-corrected chi connectivity index (χ3v) is 24.1. The molecule has 133 heavy (non-hydrogen) atoms. The molecule has 0 aromatic heterocycles. The summed E-state index contributed by atoms with van der Waals surface area (Å²) < 4.78 is 0. The molecule has 21 aromatic carbocycles. The Morgan fingerprint density at radius 1 is 0.0602 bits per heavy atom. The van der Waals surface area contributed by atoms with Gasteiger partial charge in [-0.05, 0) is 310 Å². The summed E-state index contributed by atoms with van der Waals surface area (Å²) >= 11 is 0. The Balaban J connectivity index is 0.000000172. The number of para-hydroxylation sites is 11. The molecule has 0 saturated heterocycles. The van der Waals surface area contributed by atoms with Crippen molar-refractivity contribution in [3.8, 4) is 55.6 Å². The minimum atomic E-state index is 1.08. The fourth-order valence-electron chi connectivity index (χ4n) is 17.5. The molecule has 0 N–H and O–H groups in total. The van der Waals surface area contributed by atoms with Crippen LogP contribution in [0.5, 0.6) is 0 Å². The molecule has 0 fully saturated rings. The van der Waals surface area contributed by atoms with Crippen LogP contribution in [-0.2, 0) is 0 Å². The minimum Gasteiger partial charge on any atom is -0.311 e. The number of hydrogen-bond acceptors (Lipinski definition) is 7. The lowest BCUT2D eigenvalue weighted by atomic mass is 10.0. The Morgan fingerprint density at radius 2 is 0.120 bits per heavy atom. The summed E-state index contributed by atoms with van der Waals surface area (Å²) in [5.74, 6) is 0. The van der Waals surface area contributed by atoms with Crippen LogP contribution in [0, 0.1) is 0 Å². The first-order chi connectivity index (χ1) is 66.0. The van der Waals surface area contributed by atoms with Gasteiger partial charge in [-0.1, -0.05) is 322 Å². The summed E-state index contributed by atoms with van der Waals surface area (Å²) in [5.41, 5.74) is 34.9. The Kier molecular flexibility index (Phi) is 25.1. The smallest absolute Gasteiger partial charge is 0.0462 e. The lowest BCUT2D eigenvalue weighted by molar-refractivity contribution is 1.28. The van der Waals surface area contributed by atoms with E-state index in [2.05, 4.69) is 611 Å². The molecule has 634 valence electrons. The van der Waals surface area contributed by atoms with Crippen molar-refractivity contribution in [3.05, 3.63) is 576 Å². The third kappa shape index (κ3) is 19.1. The van der Waals surface area contributed by atoms with Crippen molar-refractivity contribution >= 4 is 119 Å². The zero-order valence-corrected chi connectivity index (χ0v) is 73.5. The van der Waals surface area contributed by atoms with Gasteiger partial charge in [-0.15, -0.1) is 0 Å². The molecule has 21 rings (SSSR count). The van der Waals surface area contributed by atoms with Crippen molar-refractivity contribution < 1.29 is 0 Å². The van der Waals surface area contributed by atoms with E-state index < -0.39 is 0 Å². The Morgan fingerprint density at radius 3 is 0.188 bits per heavy atom. The first kappa shape index (κ1) is 83.4. The first-order valence-corrected chi connectivity index (χ1v) is 45.2. The van der Waals surface area contributed by atoms with Crippen LogP contribution in [0.2, 0.25) is 0 Å². The van der Waals surface area contributed by atoms with Gasteiger partial charge in [0.2, 0.25) is 0 Å². The van der Waals surface area contributed by atoms with Crippen LogP contribution in [0.3, 0.4) is 0 Å². The van der Waals surface area contributed by atoms with Gasteiger partial charge < -0.3 is 34.3 Å². The number of anilines is 21. The van der Waals surface area contributed by atoms with E-state index in [0.717, 1.165) is 153 Å². The molecule has 0 aliphatic heterocycles. The lowest BCUT2D eigenvalue weighted by Gasteiger charge is -2.26. The van der Waals surface area contributed by atoms with E-state index in [1.165, 1.54) is 22.3 Å². The van der Waals surface area contributed by atoms with Crippen LogP contribution >= 0.6 is 0 Å². The highest BCUT2D eigenvalue weighted by Crippen LogP contribution is 2.46. The topological polar surface area (TPSA) is 22.7 Å². The largest absolute Gasteiger partial charge is 0.311 e. The van der Waals surface area contributed by atoms with Gasteiger partial charge in [0.15, 0.2) is 0 Å². The predicted molar refractivity (Wildman–Crippen MR) is 563 cm³/mol. The number of rotatable bonds is 26. The Hall–Kier alpha value is -17.8.